The van der Waals surface area contributed by atoms with Gasteiger partial charge in [-0.1, -0.05) is 62.9 Å². The first-order valence-electron chi connectivity index (χ1n) is 13.6. The number of anilines is 2. The Morgan fingerprint density at radius 3 is 2.33 bits per heavy atom. The van der Waals surface area contributed by atoms with Crippen molar-refractivity contribution in [2.75, 3.05) is 16.8 Å². The van der Waals surface area contributed by atoms with E-state index >= 15 is 4.39 Å². The molecule has 4 rings (SSSR count). The van der Waals surface area contributed by atoms with Gasteiger partial charge in [0.05, 0.1) is 23.4 Å². The molecule has 1 aliphatic carbocycles. The molecule has 206 valence electrons. The topological polar surface area (TPSA) is 69.6 Å². The van der Waals surface area contributed by atoms with Crippen molar-refractivity contribution < 1.29 is 23.5 Å². The first-order chi connectivity index (χ1) is 18.6. The summed E-state index contributed by atoms with van der Waals surface area (Å²) >= 11 is 0. The van der Waals surface area contributed by atoms with Crippen LogP contribution in [0.2, 0.25) is 0 Å². The minimum atomic E-state index is -1.25. The summed E-state index contributed by atoms with van der Waals surface area (Å²) in [5.41, 5.74) is 2.55. The van der Waals surface area contributed by atoms with Crippen LogP contribution in [-0.4, -0.2) is 29.6 Å². The predicted molar refractivity (Wildman–Crippen MR) is 151 cm³/mol. The van der Waals surface area contributed by atoms with E-state index in [1.165, 1.54) is 12.1 Å². The zero-order valence-electron chi connectivity index (χ0n) is 22.8. The Balaban J connectivity index is 1.82. The number of amides is 1. The van der Waals surface area contributed by atoms with Crippen molar-refractivity contribution in [3.05, 3.63) is 82.9 Å². The number of carboxylic acids is 1. The molecule has 0 unspecified atom stereocenters. The van der Waals surface area contributed by atoms with Crippen LogP contribution >= 0.6 is 0 Å². The molecule has 39 heavy (non-hydrogen) atoms. The minimum absolute atomic E-state index is 0.0510. The Kier molecular flexibility index (Phi) is 9.00. The van der Waals surface area contributed by atoms with E-state index < -0.39 is 17.6 Å². The van der Waals surface area contributed by atoms with E-state index in [9.17, 15) is 19.1 Å². The van der Waals surface area contributed by atoms with Crippen LogP contribution in [0.3, 0.4) is 0 Å². The van der Waals surface area contributed by atoms with Crippen molar-refractivity contribution in [2.45, 2.75) is 65.3 Å². The predicted octanol–water partition coefficient (Wildman–Crippen LogP) is 7.61. The van der Waals surface area contributed by atoms with Gasteiger partial charge in [-0.15, -0.1) is 0 Å². The molecule has 0 spiro atoms. The quantitative estimate of drug-likeness (QED) is 0.296. The van der Waals surface area contributed by atoms with Crippen molar-refractivity contribution in [1.29, 1.82) is 0 Å². The van der Waals surface area contributed by atoms with Crippen LogP contribution in [0.4, 0.5) is 20.2 Å². The van der Waals surface area contributed by atoms with Gasteiger partial charge in [-0.25, -0.2) is 13.6 Å². The number of nitrogens with one attached hydrogen (secondary N) is 1. The molecule has 0 radical (unpaired) electrons. The van der Waals surface area contributed by atoms with Gasteiger partial charge in [-0.05, 0) is 72.7 Å². The number of hydrogen-bond donors (Lipinski definition) is 2. The van der Waals surface area contributed by atoms with E-state index in [1.807, 2.05) is 31.2 Å². The first kappa shape index (κ1) is 28.3. The van der Waals surface area contributed by atoms with Gasteiger partial charge in [0.2, 0.25) is 5.91 Å². The van der Waals surface area contributed by atoms with Crippen molar-refractivity contribution in [2.24, 2.45) is 5.92 Å². The Morgan fingerprint density at radius 1 is 1.00 bits per heavy atom. The summed E-state index contributed by atoms with van der Waals surface area (Å²) in [6, 6.07) is 13.9. The fourth-order valence-corrected chi connectivity index (χ4v) is 5.38. The standard InChI is InChI=1S/C32H36F2N2O3/c1-20(2)19-36(25-7-5-4-6-8-25)31-28(34)16-23(27-18-24(33)13-14-26(27)32(38)39)17-29(31)35-30(37)15-22-11-9-21(3)10-12-22/h9-14,16-18,20,25H,4-8,15,19H2,1-3H3,(H,35,37)(H,38,39). The Morgan fingerprint density at radius 2 is 1.69 bits per heavy atom. The molecule has 1 fully saturated rings. The van der Waals surface area contributed by atoms with Crippen LogP contribution in [0.15, 0.2) is 54.6 Å². The van der Waals surface area contributed by atoms with Crippen LogP contribution < -0.4 is 10.2 Å². The number of halogens is 2. The van der Waals surface area contributed by atoms with Crippen LogP contribution in [0, 0.1) is 24.5 Å². The van der Waals surface area contributed by atoms with E-state index in [0.717, 1.165) is 55.4 Å². The third kappa shape index (κ3) is 7.02. The smallest absolute Gasteiger partial charge is 0.336 e. The summed E-state index contributed by atoms with van der Waals surface area (Å²) in [4.78, 5) is 27.2. The van der Waals surface area contributed by atoms with Gasteiger partial charge in [-0.2, -0.15) is 0 Å². The van der Waals surface area contributed by atoms with Crippen LogP contribution in [-0.2, 0) is 11.2 Å². The first-order valence-corrected chi connectivity index (χ1v) is 13.6. The van der Waals surface area contributed by atoms with E-state index in [4.69, 9.17) is 0 Å². The lowest BCUT2D eigenvalue weighted by molar-refractivity contribution is -0.115. The molecule has 2 N–H and O–H groups in total. The molecule has 1 aliphatic rings. The fraction of sp³-hybridized carbons (Fsp3) is 0.375. The van der Waals surface area contributed by atoms with E-state index in [2.05, 4.69) is 24.1 Å². The van der Waals surface area contributed by atoms with Crippen molar-refractivity contribution in [1.82, 2.24) is 0 Å². The molecule has 0 atom stereocenters. The second-order valence-electron chi connectivity index (χ2n) is 10.9. The van der Waals surface area contributed by atoms with Crippen LogP contribution in [0.1, 0.15) is 67.4 Å². The number of benzene rings is 3. The molecule has 0 bridgehead atoms. The molecule has 1 saturated carbocycles. The number of carbonyl (C=O) groups is 2. The Hall–Kier alpha value is -3.74. The Labute approximate surface area is 228 Å². The molecule has 0 saturated heterocycles. The SMILES string of the molecule is Cc1ccc(CC(=O)Nc2cc(-c3cc(F)ccc3C(=O)O)cc(F)c2N(CC(C)C)C2CCCCC2)cc1. The molecule has 3 aromatic rings. The molecule has 7 heteroatoms. The molecule has 1 amide bonds. The maximum absolute atomic E-state index is 16.2. The Bertz CT molecular complexity index is 1330. The van der Waals surface area contributed by atoms with E-state index in [-0.39, 0.29) is 46.7 Å². The minimum Gasteiger partial charge on any atom is -0.478 e. The van der Waals surface area contributed by atoms with Gasteiger partial charge < -0.3 is 15.3 Å². The van der Waals surface area contributed by atoms with Gasteiger partial charge in [-0.3, -0.25) is 4.79 Å². The highest BCUT2D eigenvalue weighted by atomic mass is 19.1. The average Bonchev–Trinajstić information content (AvgIpc) is 2.89. The van der Waals surface area contributed by atoms with E-state index in [1.54, 1.807) is 6.07 Å². The van der Waals surface area contributed by atoms with Gasteiger partial charge >= 0.3 is 5.97 Å². The normalized spacial score (nSPS) is 13.9. The lowest BCUT2D eigenvalue weighted by atomic mass is 9.92. The lowest BCUT2D eigenvalue weighted by Crippen LogP contribution is -2.40. The number of hydrogen-bond acceptors (Lipinski definition) is 3. The van der Waals surface area contributed by atoms with Crippen molar-refractivity contribution in [3.63, 3.8) is 0 Å². The lowest BCUT2D eigenvalue weighted by Gasteiger charge is -2.38. The van der Waals surface area contributed by atoms with Gasteiger partial charge in [0.1, 0.15) is 11.6 Å². The maximum Gasteiger partial charge on any atom is 0.336 e. The molecule has 0 aliphatic heterocycles. The summed E-state index contributed by atoms with van der Waals surface area (Å²) in [6.07, 6.45) is 5.21. The van der Waals surface area contributed by atoms with Gasteiger partial charge in [0, 0.05) is 12.6 Å². The molecule has 3 aromatic carbocycles. The third-order valence-corrected chi connectivity index (χ3v) is 7.21. The molecule has 5 nitrogen and oxygen atoms in total. The number of nitrogens with zero attached hydrogens (tertiary/aromatic N) is 1. The zero-order valence-corrected chi connectivity index (χ0v) is 22.8. The third-order valence-electron chi connectivity index (χ3n) is 7.21. The largest absolute Gasteiger partial charge is 0.478 e. The van der Waals surface area contributed by atoms with Crippen molar-refractivity contribution >= 4 is 23.3 Å². The number of aryl methyl sites for hydroxylation is 1. The summed E-state index contributed by atoms with van der Waals surface area (Å²) in [5.74, 6) is -2.53. The maximum atomic E-state index is 16.2. The summed E-state index contributed by atoms with van der Waals surface area (Å²) in [6.45, 7) is 6.71. The van der Waals surface area contributed by atoms with Crippen LogP contribution in [0.5, 0.6) is 0 Å². The number of aromatic carboxylic acids is 1. The molecule has 0 heterocycles. The fourth-order valence-electron chi connectivity index (χ4n) is 5.38. The van der Waals surface area contributed by atoms with Gasteiger partial charge in [0.25, 0.3) is 0 Å². The summed E-state index contributed by atoms with van der Waals surface area (Å²) in [5, 5.41) is 12.6. The number of carboxylic acid groups (broad SMARTS) is 1. The molecular weight excluding hydrogens is 498 g/mol. The second kappa shape index (κ2) is 12.4. The van der Waals surface area contributed by atoms with Crippen molar-refractivity contribution in [3.8, 4) is 11.1 Å². The summed E-state index contributed by atoms with van der Waals surface area (Å²) < 4.78 is 30.4. The monoisotopic (exact) mass is 534 g/mol. The van der Waals surface area contributed by atoms with Gasteiger partial charge in [0.15, 0.2) is 0 Å². The van der Waals surface area contributed by atoms with Crippen LogP contribution in [0.25, 0.3) is 11.1 Å². The molecule has 0 aromatic heterocycles. The highest BCUT2D eigenvalue weighted by Crippen LogP contribution is 2.39. The van der Waals surface area contributed by atoms with E-state index in [0.29, 0.717) is 12.2 Å². The number of rotatable bonds is 9. The zero-order chi connectivity index (χ0) is 28.1. The second-order valence-corrected chi connectivity index (χ2v) is 10.9. The average molecular weight is 535 g/mol. The summed E-state index contributed by atoms with van der Waals surface area (Å²) in [7, 11) is 0. The highest BCUT2D eigenvalue weighted by molar-refractivity contribution is 5.99. The highest BCUT2D eigenvalue weighted by Gasteiger charge is 2.28. The number of carbonyl (C=O) groups excluding carboxylic acids is 1. The molecular formula is C32H36F2N2O3.